The lowest BCUT2D eigenvalue weighted by atomic mass is 10.1. The summed E-state index contributed by atoms with van der Waals surface area (Å²) >= 11 is 0. The molecule has 1 saturated heterocycles. The molecule has 2 aromatic rings. The van der Waals surface area contributed by atoms with E-state index >= 15 is 0 Å². The van der Waals surface area contributed by atoms with E-state index in [1.807, 2.05) is 0 Å². The van der Waals surface area contributed by atoms with Gasteiger partial charge in [0.2, 0.25) is 0 Å². The normalized spacial score (nSPS) is 15.9. The summed E-state index contributed by atoms with van der Waals surface area (Å²) < 4.78 is 15.8. The fourth-order valence-electron chi connectivity index (χ4n) is 3.16. The smallest absolute Gasteiger partial charge is 0.335 e. The second-order valence-electron chi connectivity index (χ2n) is 5.93. The number of hydrogen-bond donors (Lipinski definition) is 1. The number of aromatic nitrogens is 1. The molecule has 1 aromatic heterocycles. The number of pyridine rings is 1. The number of carboxylic acids is 1. The Morgan fingerprint density at radius 3 is 2.57 bits per heavy atom. The molecule has 0 amide bonds. The van der Waals surface area contributed by atoms with Gasteiger partial charge in [-0.15, -0.1) is 0 Å². The largest absolute Gasteiger partial charge is 0.478 e. The van der Waals surface area contributed by atoms with E-state index in [0.29, 0.717) is 18.5 Å². The van der Waals surface area contributed by atoms with Crippen molar-refractivity contribution < 1.29 is 14.3 Å². The highest BCUT2D eigenvalue weighted by Gasteiger charge is 2.15. The summed E-state index contributed by atoms with van der Waals surface area (Å²) in [7, 11) is 0. The van der Waals surface area contributed by atoms with Crippen LogP contribution in [0.3, 0.4) is 0 Å². The summed E-state index contributed by atoms with van der Waals surface area (Å²) in [6.07, 6.45) is 3.54. The zero-order valence-corrected chi connectivity index (χ0v) is 12.8. The van der Waals surface area contributed by atoms with Crippen LogP contribution < -0.4 is 5.56 Å². The number of aromatic carboxylic acids is 1. The Morgan fingerprint density at radius 2 is 1.87 bits per heavy atom. The summed E-state index contributed by atoms with van der Waals surface area (Å²) in [6.45, 7) is 3.11. The van der Waals surface area contributed by atoms with E-state index in [9.17, 15) is 14.0 Å². The van der Waals surface area contributed by atoms with Gasteiger partial charge < -0.3 is 14.6 Å². The number of carboxylic acid groups (broad SMARTS) is 1. The molecule has 0 bridgehead atoms. The number of benzene rings is 1. The molecule has 1 aliphatic rings. The Balaban J connectivity index is 1.96. The van der Waals surface area contributed by atoms with Crippen LogP contribution in [0, 0.1) is 5.82 Å². The molecule has 2 heterocycles. The van der Waals surface area contributed by atoms with Gasteiger partial charge in [0.1, 0.15) is 5.82 Å². The van der Waals surface area contributed by atoms with Gasteiger partial charge in [-0.2, -0.15) is 0 Å². The van der Waals surface area contributed by atoms with Crippen LogP contribution in [0.25, 0.3) is 10.9 Å². The second-order valence-corrected chi connectivity index (χ2v) is 5.93. The zero-order valence-electron chi connectivity index (χ0n) is 12.8. The minimum Gasteiger partial charge on any atom is -0.478 e. The number of piperidine rings is 1. The SMILES string of the molecule is O=C(O)c1cc(F)c2c(ccc(=O)n2CCN2CCCCC2)c1. The first-order valence-electron chi connectivity index (χ1n) is 7.85. The Bertz CT molecular complexity index is 794. The molecule has 1 N–H and O–H groups in total. The van der Waals surface area contributed by atoms with E-state index in [1.165, 1.54) is 29.2 Å². The standard InChI is InChI=1S/C17H19FN2O3/c18-14-11-13(17(22)23)10-12-4-5-15(21)20(16(12)14)9-8-19-6-2-1-3-7-19/h4-5,10-11H,1-3,6-9H2,(H,22,23). The van der Waals surface area contributed by atoms with E-state index in [4.69, 9.17) is 5.11 Å². The number of carbonyl (C=O) groups is 1. The highest BCUT2D eigenvalue weighted by molar-refractivity contribution is 5.93. The molecule has 0 saturated carbocycles. The molecule has 0 atom stereocenters. The van der Waals surface area contributed by atoms with Crippen LogP contribution in [-0.4, -0.2) is 40.2 Å². The fourth-order valence-corrected chi connectivity index (χ4v) is 3.16. The highest BCUT2D eigenvalue weighted by Crippen LogP contribution is 2.19. The molecule has 23 heavy (non-hydrogen) atoms. The van der Waals surface area contributed by atoms with Crippen LogP contribution in [0.1, 0.15) is 29.6 Å². The van der Waals surface area contributed by atoms with Crippen LogP contribution in [-0.2, 0) is 6.54 Å². The van der Waals surface area contributed by atoms with Crippen molar-refractivity contribution in [2.75, 3.05) is 19.6 Å². The summed E-state index contributed by atoms with van der Waals surface area (Å²) in [4.78, 5) is 25.5. The molecular formula is C17H19FN2O3. The lowest BCUT2D eigenvalue weighted by molar-refractivity contribution is 0.0696. The van der Waals surface area contributed by atoms with Crippen molar-refractivity contribution in [3.8, 4) is 0 Å². The van der Waals surface area contributed by atoms with Crippen LogP contribution >= 0.6 is 0 Å². The van der Waals surface area contributed by atoms with Crippen molar-refractivity contribution in [2.24, 2.45) is 0 Å². The van der Waals surface area contributed by atoms with Crippen molar-refractivity contribution in [2.45, 2.75) is 25.8 Å². The maximum Gasteiger partial charge on any atom is 0.335 e. The summed E-state index contributed by atoms with van der Waals surface area (Å²) in [6, 6.07) is 5.22. The van der Waals surface area contributed by atoms with Gasteiger partial charge in [0.05, 0.1) is 11.1 Å². The molecule has 0 spiro atoms. The van der Waals surface area contributed by atoms with Crippen LogP contribution in [0.15, 0.2) is 29.1 Å². The van der Waals surface area contributed by atoms with Gasteiger partial charge in [0.25, 0.3) is 5.56 Å². The minimum atomic E-state index is -1.18. The predicted molar refractivity (Wildman–Crippen MR) is 85.4 cm³/mol. The minimum absolute atomic E-state index is 0.115. The summed E-state index contributed by atoms with van der Waals surface area (Å²) in [5, 5.41) is 9.46. The first kappa shape index (κ1) is 15.7. The van der Waals surface area contributed by atoms with Crippen molar-refractivity contribution in [3.63, 3.8) is 0 Å². The van der Waals surface area contributed by atoms with Crippen molar-refractivity contribution in [1.82, 2.24) is 9.47 Å². The Kier molecular flexibility index (Phi) is 4.43. The summed E-state index contributed by atoms with van der Waals surface area (Å²) in [5.41, 5.74) is -0.202. The monoisotopic (exact) mass is 318 g/mol. The third-order valence-electron chi connectivity index (χ3n) is 4.37. The number of halogens is 1. The van der Waals surface area contributed by atoms with Gasteiger partial charge in [-0.25, -0.2) is 9.18 Å². The molecule has 3 rings (SSSR count). The lowest BCUT2D eigenvalue weighted by Crippen LogP contribution is -2.34. The zero-order chi connectivity index (χ0) is 16.4. The molecule has 0 aliphatic carbocycles. The van der Waals surface area contributed by atoms with Crippen LogP contribution in [0.2, 0.25) is 0 Å². The van der Waals surface area contributed by atoms with Crippen molar-refractivity contribution in [1.29, 1.82) is 0 Å². The van der Waals surface area contributed by atoms with E-state index in [-0.39, 0.29) is 16.6 Å². The van der Waals surface area contributed by atoms with E-state index < -0.39 is 11.8 Å². The third kappa shape index (κ3) is 3.27. The second kappa shape index (κ2) is 6.50. The van der Waals surface area contributed by atoms with E-state index in [0.717, 1.165) is 32.0 Å². The average molecular weight is 318 g/mol. The maximum atomic E-state index is 14.4. The molecule has 0 unspecified atom stereocenters. The molecule has 6 heteroatoms. The Hall–Kier alpha value is -2.21. The van der Waals surface area contributed by atoms with Gasteiger partial charge in [0.15, 0.2) is 0 Å². The quantitative estimate of drug-likeness (QED) is 0.940. The van der Waals surface area contributed by atoms with Gasteiger partial charge in [-0.05, 0) is 44.1 Å². The van der Waals surface area contributed by atoms with Crippen LogP contribution in [0.5, 0.6) is 0 Å². The molecule has 5 nitrogen and oxygen atoms in total. The molecule has 1 aliphatic heterocycles. The molecule has 122 valence electrons. The van der Waals surface area contributed by atoms with Crippen molar-refractivity contribution in [3.05, 3.63) is 46.0 Å². The predicted octanol–water partition coefficient (Wildman–Crippen LogP) is 2.32. The number of likely N-dealkylation sites (tertiary alicyclic amines) is 1. The van der Waals surface area contributed by atoms with E-state index in [2.05, 4.69) is 4.90 Å². The number of fused-ring (bicyclic) bond motifs is 1. The fraction of sp³-hybridized carbons (Fsp3) is 0.412. The highest BCUT2D eigenvalue weighted by atomic mass is 19.1. The van der Waals surface area contributed by atoms with Crippen molar-refractivity contribution >= 4 is 16.9 Å². The van der Waals surface area contributed by atoms with Gasteiger partial charge in [0, 0.05) is 24.5 Å². The first-order chi connectivity index (χ1) is 11.1. The third-order valence-corrected chi connectivity index (χ3v) is 4.37. The number of nitrogens with zero attached hydrogens (tertiary/aromatic N) is 2. The Morgan fingerprint density at radius 1 is 1.13 bits per heavy atom. The van der Waals surface area contributed by atoms with Gasteiger partial charge >= 0.3 is 5.97 Å². The lowest BCUT2D eigenvalue weighted by Gasteiger charge is -2.26. The first-order valence-corrected chi connectivity index (χ1v) is 7.85. The summed E-state index contributed by atoms with van der Waals surface area (Å²) in [5.74, 6) is -1.85. The number of rotatable bonds is 4. The topological polar surface area (TPSA) is 62.5 Å². The maximum absolute atomic E-state index is 14.4. The van der Waals surface area contributed by atoms with Crippen LogP contribution in [0.4, 0.5) is 4.39 Å². The Labute approximate surface area is 132 Å². The van der Waals surface area contributed by atoms with Gasteiger partial charge in [-0.1, -0.05) is 6.42 Å². The molecule has 1 aromatic carbocycles. The van der Waals surface area contributed by atoms with Gasteiger partial charge in [-0.3, -0.25) is 4.79 Å². The van der Waals surface area contributed by atoms with E-state index in [1.54, 1.807) is 0 Å². The number of hydrogen-bond acceptors (Lipinski definition) is 3. The average Bonchev–Trinajstić information content (AvgIpc) is 2.55. The molecule has 0 radical (unpaired) electrons. The molecular weight excluding hydrogens is 299 g/mol. The molecule has 1 fully saturated rings.